The molecule has 0 bridgehead atoms. The number of urea groups is 1. The van der Waals surface area contributed by atoms with Crippen LogP contribution in [0.1, 0.15) is 29.8 Å². The van der Waals surface area contributed by atoms with Gasteiger partial charge in [0.25, 0.3) is 0 Å². The number of rotatable bonds is 6. The van der Waals surface area contributed by atoms with E-state index in [2.05, 4.69) is 24.5 Å². The molecule has 0 aromatic heterocycles. The van der Waals surface area contributed by atoms with Crippen molar-refractivity contribution >= 4 is 23.8 Å². The van der Waals surface area contributed by atoms with Gasteiger partial charge in [-0.05, 0) is 37.8 Å². The van der Waals surface area contributed by atoms with Crippen molar-refractivity contribution in [3.05, 3.63) is 35.4 Å². The fraction of sp³-hybridized carbons (Fsp3) is 0.429. The van der Waals surface area contributed by atoms with Gasteiger partial charge in [0.05, 0.1) is 5.56 Å². The number of benzene rings is 1. The van der Waals surface area contributed by atoms with Crippen LogP contribution in [-0.2, 0) is 6.54 Å². The third-order valence-corrected chi connectivity index (χ3v) is 4.13. The van der Waals surface area contributed by atoms with Crippen molar-refractivity contribution in [3.63, 3.8) is 0 Å². The lowest BCUT2D eigenvalue weighted by atomic mass is 10.1. The third kappa shape index (κ3) is 5.52. The number of hydrogen-bond donors (Lipinski definition) is 3. The minimum absolute atomic E-state index is 0.000472. The summed E-state index contributed by atoms with van der Waals surface area (Å²) in [6.07, 6.45) is 2.00. The molecule has 0 radical (unpaired) electrons. The Bertz CT molecular complexity index is 472. The summed E-state index contributed by atoms with van der Waals surface area (Å²) in [6, 6.07) is 6.20. The Hall–Kier alpha value is -1.69. The maximum Gasteiger partial charge on any atom is 0.335 e. The monoisotopic (exact) mass is 296 g/mol. The molecule has 0 aliphatic rings. The van der Waals surface area contributed by atoms with Crippen molar-refractivity contribution in [3.8, 4) is 0 Å². The molecule has 1 rings (SSSR count). The van der Waals surface area contributed by atoms with Crippen molar-refractivity contribution in [1.29, 1.82) is 0 Å². The van der Waals surface area contributed by atoms with E-state index in [-0.39, 0.29) is 16.3 Å². The average Bonchev–Trinajstić information content (AvgIpc) is 2.43. The van der Waals surface area contributed by atoms with Crippen LogP contribution in [0.3, 0.4) is 0 Å². The number of thioether (sulfide) groups is 1. The van der Waals surface area contributed by atoms with Crippen molar-refractivity contribution in [2.45, 2.75) is 25.1 Å². The van der Waals surface area contributed by atoms with Gasteiger partial charge < -0.3 is 15.7 Å². The zero-order chi connectivity index (χ0) is 15.2. The second-order valence-electron chi connectivity index (χ2n) is 5.00. The van der Waals surface area contributed by atoms with Crippen LogP contribution in [-0.4, -0.2) is 34.7 Å². The quantitative estimate of drug-likeness (QED) is 0.753. The highest BCUT2D eigenvalue weighted by atomic mass is 32.2. The number of carbonyl (C=O) groups excluding carboxylic acids is 1. The topological polar surface area (TPSA) is 78.4 Å². The molecule has 20 heavy (non-hydrogen) atoms. The minimum atomic E-state index is -0.957. The van der Waals surface area contributed by atoms with E-state index in [1.807, 2.05) is 6.26 Å². The molecule has 3 N–H and O–H groups in total. The summed E-state index contributed by atoms with van der Waals surface area (Å²) in [5.41, 5.74) is 1.09. The van der Waals surface area contributed by atoms with Crippen molar-refractivity contribution in [1.82, 2.24) is 10.6 Å². The van der Waals surface area contributed by atoms with Crippen molar-refractivity contribution < 1.29 is 14.7 Å². The molecule has 5 nitrogen and oxygen atoms in total. The highest BCUT2D eigenvalue weighted by Crippen LogP contribution is 2.19. The van der Waals surface area contributed by atoms with Crippen molar-refractivity contribution in [2.75, 3.05) is 12.8 Å². The Labute approximate surface area is 123 Å². The van der Waals surface area contributed by atoms with Crippen LogP contribution in [0.15, 0.2) is 24.3 Å². The lowest BCUT2D eigenvalue weighted by molar-refractivity contribution is 0.0697. The summed E-state index contributed by atoms with van der Waals surface area (Å²) in [5.74, 6) is -0.957. The van der Waals surface area contributed by atoms with Gasteiger partial charge in [0.1, 0.15) is 0 Å². The molecule has 0 unspecified atom stereocenters. The highest BCUT2D eigenvalue weighted by Gasteiger charge is 2.16. The summed E-state index contributed by atoms with van der Waals surface area (Å²) in [7, 11) is 0. The Morgan fingerprint density at radius 3 is 2.30 bits per heavy atom. The Kier molecular flexibility index (Phi) is 5.88. The molecule has 0 saturated heterocycles. The Morgan fingerprint density at radius 1 is 1.20 bits per heavy atom. The number of carboxylic acid groups (broad SMARTS) is 1. The number of amides is 2. The standard InChI is InChI=1S/C14H20N2O3S/c1-14(2,20-3)9-16-13(19)15-8-10-4-6-11(7-5-10)12(17)18/h4-7H,8-9H2,1-3H3,(H,17,18)(H2,15,16,19). The van der Waals surface area contributed by atoms with E-state index < -0.39 is 5.97 Å². The average molecular weight is 296 g/mol. The zero-order valence-corrected chi connectivity index (χ0v) is 12.7. The first kappa shape index (κ1) is 16.4. The smallest absolute Gasteiger partial charge is 0.335 e. The fourth-order valence-electron chi connectivity index (χ4n) is 1.38. The number of aromatic carboxylic acids is 1. The molecular formula is C14H20N2O3S. The Morgan fingerprint density at radius 2 is 1.80 bits per heavy atom. The molecule has 0 atom stereocenters. The molecule has 0 spiro atoms. The molecule has 1 aromatic carbocycles. The first-order valence-corrected chi connectivity index (χ1v) is 7.45. The van der Waals surface area contributed by atoms with Gasteiger partial charge in [0.15, 0.2) is 0 Å². The van der Waals surface area contributed by atoms with Gasteiger partial charge in [-0.3, -0.25) is 0 Å². The van der Waals surface area contributed by atoms with Gasteiger partial charge >= 0.3 is 12.0 Å². The molecule has 6 heteroatoms. The van der Waals surface area contributed by atoms with E-state index in [4.69, 9.17) is 5.11 Å². The van der Waals surface area contributed by atoms with Crippen LogP contribution in [0.2, 0.25) is 0 Å². The predicted octanol–water partition coefficient (Wildman–Crippen LogP) is 2.33. The van der Waals surface area contributed by atoms with E-state index in [1.165, 1.54) is 12.1 Å². The summed E-state index contributed by atoms with van der Waals surface area (Å²) < 4.78 is 0.000472. The van der Waals surface area contributed by atoms with E-state index in [1.54, 1.807) is 23.9 Å². The fourth-order valence-corrected chi connectivity index (χ4v) is 1.59. The summed E-state index contributed by atoms with van der Waals surface area (Å²) >= 11 is 1.69. The molecule has 0 aliphatic carbocycles. The summed E-state index contributed by atoms with van der Waals surface area (Å²) in [4.78, 5) is 22.3. The molecule has 0 fully saturated rings. The molecule has 0 heterocycles. The molecule has 110 valence electrons. The maximum absolute atomic E-state index is 11.6. The SMILES string of the molecule is CSC(C)(C)CNC(=O)NCc1ccc(C(=O)O)cc1. The van der Waals surface area contributed by atoms with Crippen LogP contribution in [0.25, 0.3) is 0 Å². The number of nitrogens with one attached hydrogen (secondary N) is 2. The summed E-state index contributed by atoms with van der Waals surface area (Å²) in [6.45, 7) is 5.06. The first-order chi connectivity index (χ1) is 9.34. The van der Waals surface area contributed by atoms with Crippen LogP contribution in [0.4, 0.5) is 4.79 Å². The van der Waals surface area contributed by atoms with Crippen molar-refractivity contribution in [2.24, 2.45) is 0 Å². The zero-order valence-electron chi connectivity index (χ0n) is 11.9. The van der Waals surface area contributed by atoms with Gasteiger partial charge in [-0.15, -0.1) is 0 Å². The normalized spacial score (nSPS) is 10.9. The highest BCUT2D eigenvalue weighted by molar-refractivity contribution is 7.99. The second kappa shape index (κ2) is 7.19. The number of carboxylic acids is 1. The molecule has 1 aromatic rings. The lowest BCUT2D eigenvalue weighted by Crippen LogP contribution is -2.41. The van der Waals surface area contributed by atoms with Crippen LogP contribution in [0.5, 0.6) is 0 Å². The van der Waals surface area contributed by atoms with Gasteiger partial charge in [0, 0.05) is 17.8 Å². The first-order valence-electron chi connectivity index (χ1n) is 6.23. The van der Waals surface area contributed by atoms with Gasteiger partial charge in [0.2, 0.25) is 0 Å². The molecular weight excluding hydrogens is 276 g/mol. The van der Waals surface area contributed by atoms with Crippen LogP contribution in [0, 0.1) is 0 Å². The van der Waals surface area contributed by atoms with E-state index in [0.29, 0.717) is 13.1 Å². The largest absolute Gasteiger partial charge is 0.478 e. The van der Waals surface area contributed by atoms with E-state index >= 15 is 0 Å². The van der Waals surface area contributed by atoms with Gasteiger partial charge in [-0.2, -0.15) is 11.8 Å². The van der Waals surface area contributed by atoms with Crippen LogP contribution >= 0.6 is 11.8 Å². The summed E-state index contributed by atoms with van der Waals surface area (Å²) in [5, 5.41) is 14.3. The molecule has 0 aliphatic heterocycles. The van der Waals surface area contributed by atoms with E-state index in [9.17, 15) is 9.59 Å². The van der Waals surface area contributed by atoms with Gasteiger partial charge in [-0.25, -0.2) is 9.59 Å². The molecule has 0 saturated carbocycles. The van der Waals surface area contributed by atoms with E-state index in [0.717, 1.165) is 5.56 Å². The number of hydrogen-bond acceptors (Lipinski definition) is 3. The lowest BCUT2D eigenvalue weighted by Gasteiger charge is -2.22. The maximum atomic E-state index is 11.6. The van der Waals surface area contributed by atoms with Gasteiger partial charge in [-0.1, -0.05) is 12.1 Å². The third-order valence-electron chi connectivity index (χ3n) is 2.88. The second-order valence-corrected chi connectivity index (χ2v) is 6.52. The molecule has 2 amide bonds. The number of carbonyl (C=O) groups is 2. The predicted molar refractivity (Wildman–Crippen MR) is 81.2 cm³/mol. The Balaban J connectivity index is 2.39. The van der Waals surface area contributed by atoms with Crippen LogP contribution < -0.4 is 10.6 Å². The minimum Gasteiger partial charge on any atom is -0.478 e.